The fourth-order valence-electron chi connectivity index (χ4n) is 2.37. The van der Waals surface area contributed by atoms with Gasteiger partial charge in [0.05, 0.1) is 19.9 Å². The number of rotatable bonds is 5. The van der Waals surface area contributed by atoms with E-state index in [1.54, 1.807) is 20.4 Å². The standard InChI is InChI=1S/C17H17N3O2S/c1-21-13-7-6-11(9-14(13)22-2)10-15-16(20-17(18)23-15)12-5-3-4-8-19-12/h3-9H,10H2,1-2H3,(H2,18,20). The average molecular weight is 327 g/mol. The van der Waals surface area contributed by atoms with E-state index in [-0.39, 0.29) is 0 Å². The molecule has 0 amide bonds. The lowest BCUT2D eigenvalue weighted by Crippen LogP contribution is -1.94. The highest BCUT2D eigenvalue weighted by molar-refractivity contribution is 7.15. The van der Waals surface area contributed by atoms with Gasteiger partial charge in [0, 0.05) is 17.5 Å². The van der Waals surface area contributed by atoms with E-state index in [0.29, 0.717) is 23.1 Å². The Bertz CT molecular complexity index is 803. The average Bonchev–Trinajstić information content (AvgIpc) is 2.96. The first kappa shape index (κ1) is 15.3. The lowest BCUT2D eigenvalue weighted by molar-refractivity contribution is 0.354. The molecule has 0 aliphatic rings. The molecule has 0 saturated heterocycles. The topological polar surface area (TPSA) is 70.3 Å². The Balaban J connectivity index is 1.95. The summed E-state index contributed by atoms with van der Waals surface area (Å²) in [6, 6.07) is 11.6. The Labute approximate surface area is 138 Å². The third-order valence-electron chi connectivity index (χ3n) is 3.43. The highest BCUT2D eigenvalue weighted by Crippen LogP contribution is 2.33. The molecule has 0 atom stereocenters. The summed E-state index contributed by atoms with van der Waals surface area (Å²) in [5.74, 6) is 1.42. The van der Waals surface area contributed by atoms with Gasteiger partial charge >= 0.3 is 0 Å². The Morgan fingerprint density at radius 1 is 1.09 bits per heavy atom. The fraction of sp³-hybridized carbons (Fsp3) is 0.176. The molecular weight excluding hydrogens is 310 g/mol. The Hall–Kier alpha value is -2.60. The van der Waals surface area contributed by atoms with Crippen LogP contribution in [0.1, 0.15) is 10.4 Å². The van der Waals surface area contributed by atoms with Crippen molar-refractivity contribution < 1.29 is 9.47 Å². The SMILES string of the molecule is COc1ccc(Cc2sc(N)nc2-c2ccccn2)cc1OC. The predicted octanol–water partition coefficient (Wildman–Crippen LogP) is 3.40. The van der Waals surface area contributed by atoms with E-state index in [4.69, 9.17) is 15.2 Å². The van der Waals surface area contributed by atoms with Crippen molar-refractivity contribution in [3.8, 4) is 22.9 Å². The summed E-state index contributed by atoms with van der Waals surface area (Å²) in [6.45, 7) is 0. The molecule has 0 spiro atoms. The highest BCUT2D eigenvalue weighted by Gasteiger charge is 2.14. The minimum absolute atomic E-state index is 0.543. The first-order chi connectivity index (χ1) is 11.2. The maximum Gasteiger partial charge on any atom is 0.180 e. The fourth-order valence-corrected chi connectivity index (χ4v) is 3.24. The molecule has 2 aromatic heterocycles. The van der Waals surface area contributed by atoms with Crippen molar-refractivity contribution in [2.75, 3.05) is 20.0 Å². The van der Waals surface area contributed by atoms with Crippen molar-refractivity contribution in [3.05, 3.63) is 53.0 Å². The molecule has 0 saturated carbocycles. The largest absolute Gasteiger partial charge is 0.493 e. The first-order valence-electron chi connectivity index (χ1n) is 7.08. The molecule has 5 nitrogen and oxygen atoms in total. The van der Waals surface area contributed by atoms with Gasteiger partial charge in [0.15, 0.2) is 16.6 Å². The van der Waals surface area contributed by atoms with E-state index in [9.17, 15) is 0 Å². The van der Waals surface area contributed by atoms with Crippen molar-refractivity contribution in [3.63, 3.8) is 0 Å². The minimum atomic E-state index is 0.543. The molecule has 6 heteroatoms. The van der Waals surface area contributed by atoms with E-state index in [2.05, 4.69) is 9.97 Å². The maximum absolute atomic E-state index is 5.91. The van der Waals surface area contributed by atoms with Gasteiger partial charge in [-0.15, -0.1) is 11.3 Å². The van der Waals surface area contributed by atoms with Gasteiger partial charge in [0.2, 0.25) is 0 Å². The molecular formula is C17H17N3O2S. The van der Waals surface area contributed by atoms with Crippen molar-refractivity contribution in [2.24, 2.45) is 0 Å². The summed E-state index contributed by atoms with van der Waals surface area (Å²) >= 11 is 1.48. The zero-order valence-electron chi connectivity index (χ0n) is 12.9. The van der Waals surface area contributed by atoms with Gasteiger partial charge in [0.25, 0.3) is 0 Å². The normalized spacial score (nSPS) is 10.5. The van der Waals surface area contributed by atoms with Crippen LogP contribution in [-0.2, 0) is 6.42 Å². The van der Waals surface area contributed by atoms with Crippen molar-refractivity contribution in [2.45, 2.75) is 6.42 Å². The molecule has 0 aliphatic heterocycles. The molecule has 0 aliphatic carbocycles. The molecule has 0 radical (unpaired) electrons. The number of nitrogen functional groups attached to an aromatic ring is 1. The van der Waals surface area contributed by atoms with Gasteiger partial charge in [-0.2, -0.15) is 0 Å². The summed E-state index contributed by atoms with van der Waals surface area (Å²) in [5, 5.41) is 0.543. The number of methoxy groups -OCH3 is 2. The van der Waals surface area contributed by atoms with Crippen LogP contribution in [-0.4, -0.2) is 24.2 Å². The van der Waals surface area contributed by atoms with Crippen molar-refractivity contribution in [1.82, 2.24) is 9.97 Å². The molecule has 2 N–H and O–H groups in total. The Morgan fingerprint density at radius 3 is 2.61 bits per heavy atom. The zero-order chi connectivity index (χ0) is 16.2. The number of thiazole rings is 1. The van der Waals surface area contributed by atoms with Gasteiger partial charge < -0.3 is 15.2 Å². The molecule has 3 aromatic rings. The van der Waals surface area contributed by atoms with E-state index in [0.717, 1.165) is 21.8 Å². The quantitative estimate of drug-likeness (QED) is 0.778. The summed E-state index contributed by atoms with van der Waals surface area (Å²) in [7, 11) is 3.26. The second-order valence-corrected chi connectivity index (χ2v) is 6.02. The van der Waals surface area contributed by atoms with Gasteiger partial charge in [-0.3, -0.25) is 4.98 Å². The summed E-state index contributed by atoms with van der Waals surface area (Å²) in [6.07, 6.45) is 2.46. The van der Waals surface area contributed by atoms with Crippen LogP contribution in [0.3, 0.4) is 0 Å². The van der Waals surface area contributed by atoms with Crippen LogP contribution in [0.4, 0.5) is 5.13 Å². The van der Waals surface area contributed by atoms with Crippen LogP contribution in [0, 0.1) is 0 Å². The number of nitrogens with zero attached hydrogens (tertiary/aromatic N) is 2. The van der Waals surface area contributed by atoms with Crippen LogP contribution in [0.25, 0.3) is 11.4 Å². The molecule has 2 heterocycles. The molecule has 3 rings (SSSR count). The van der Waals surface area contributed by atoms with Crippen LogP contribution < -0.4 is 15.2 Å². The molecule has 0 fully saturated rings. The van der Waals surface area contributed by atoms with Crippen LogP contribution in [0.2, 0.25) is 0 Å². The Kier molecular flexibility index (Phi) is 4.43. The van der Waals surface area contributed by atoms with Gasteiger partial charge in [-0.05, 0) is 29.8 Å². The number of hydrogen-bond acceptors (Lipinski definition) is 6. The van der Waals surface area contributed by atoms with E-state index in [1.807, 2.05) is 36.4 Å². The van der Waals surface area contributed by atoms with Gasteiger partial charge in [-0.1, -0.05) is 12.1 Å². The number of ether oxygens (including phenoxy) is 2. The van der Waals surface area contributed by atoms with E-state index >= 15 is 0 Å². The van der Waals surface area contributed by atoms with Gasteiger partial charge in [0.1, 0.15) is 5.69 Å². The first-order valence-corrected chi connectivity index (χ1v) is 7.90. The molecule has 0 bridgehead atoms. The summed E-state index contributed by atoms with van der Waals surface area (Å²) in [5.41, 5.74) is 8.67. The zero-order valence-corrected chi connectivity index (χ0v) is 13.8. The molecule has 23 heavy (non-hydrogen) atoms. The predicted molar refractivity (Wildman–Crippen MR) is 92.1 cm³/mol. The van der Waals surface area contributed by atoms with Crippen molar-refractivity contribution in [1.29, 1.82) is 0 Å². The van der Waals surface area contributed by atoms with E-state index < -0.39 is 0 Å². The number of benzene rings is 1. The monoisotopic (exact) mass is 327 g/mol. The lowest BCUT2D eigenvalue weighted by Gasteiger charge is -2.09. The number of nitrogens with two attached hydrogens (primary N) is 1. The maximum atomic E-state index is 5.91. The molecule has 1 aromatic carbocycles. The highest BCUT2D eigenvalue weighted by atomic mass is 32.1. The third-order valence-corrected chi connectivity index (χ3v) is 4.32. The minimum Gasteiger partial charge on any atom is -0.493 e. The van der Waals surface area contributed by atoms with Crippen LogP contribution in [0.5, 0.6) is 11.5 Å². The second kappa shape index (κ2) is 6.66. The Morgan fingerprint density at radius 2 is 1.91 bits per heavy atom. The summed E-state index contributed by atoms with van der Waals surface area (Å²) < 4.78 is 10.6. The van der Waals surface area contributed by atoms with Crippen LogP contribution >= 0.6 is 11.3 Å². The number of hydrogen-bond donors (Lipinski definition) is 1. The molecule has 118 valence electrons. The number of aromatic nitrogens is 2. The second-order valence-electron chi connectivity index (χ2n) is 4.90. The molecule has 0 unspecified atom stereocenters. The van der Waals surface area contributed by atoms with E-state index in [1.165, 1.54) is 11.3 Å². The summed E-state index contributed by atoms with van der Waals surface area (Å²) in [4.78, 5) is 9.88. The third kappa shape index (κ3) is 3.27. The van der Waals surface area contributed by atoms with Crippen LogP contribution in [0.15, 0.2) is 42.6 Å². The smallest absolute Gasteiger partial charge is 0.180 e. The number of anilines is 1. The van der Waals surface area contributed by atoms with Gasteiger partial charge in [-0.25, -0.2) is 4.98 Å². The van der Waals surface area contributed by atoms with Crippen molar-refractivity contribution >= 4 is 16.5 Å². The number of pyridine rings is 1. The lowest BCUT2D eigenvalue weighted by atomic mass is 10.1.